The first-order valence-corrected chi connectivity index (χ1v) is 7.18. The quantitative estimate of drug-likeness (QED) is 0.852. The molecule has 1 aliphatic heterocycles. The van der Waals surface area contributed by atoms with E-state index in [2.05, 4.69) is 15.1 Å². The molecule has 0 aliphatic carbocycles. The average Bonchev–Trinajstić information content (AvgIpc) is 3.08. The van der Waals surface area contributed by atoms with E-state index < -0.39 is 0 Å². The molecule has 1 aliphatic rings. The minimum Gasteiger partial charge on any atom is -0.343 e. The van der Waals surface area contributed by atoms with Crippen molar-refractivity contribution in [3.63, 3.8) is 0 Å². The fourth-order valence-corrected chi connectivity index (χ4v) is 2.83. The van der Waals surface area contributed by atoms with E-state index in [1.54, 1.807) is 24.0 Å². The smallest absolute Gasteiger partial charge is 0.219 e. The van der Waals surface area contributed by atoms with Crippen LogP contribution in [0, 0.1) is 5.92 Å². The molecular weight excluding hydrogens is 266 g/mol. The van der Waals surface area contributed by atoms with Crippen LogP contribution in [0.2, 0.25) is 0 Å². The van der Waals surface area contributed by atoms with Crippen LogP contribution in [0.15, 0.2) is 24.7 Å². The summed E-state index contributed by atoms with van der Waals surface area (Å²) in [6.07, 6.45) is 7.23. The second-order valence-electron chi connectivity index (χ2n) is 5.56. The first kappa shape index (κ1) is 13.7. The number of nitrogens with zero attached hydrogens (tertiary/aromatic N) is 5. The molecule has 6 heteroatoms. The molecule has 3 rings (SSSR count). The lowest BCUT2D eigenvalue weighted by molar-refractivity contribution is -0.127. The molecule has 1 fully saturated rings. The van der Waals surface area contributed by atoms with Gasteiger partial charge in [0.2, 0.25) is 5.91 Å². The van der Waals surface area contributed by atoms with Gasteiger partial charge in [-0.25, -0.2) is 4.98 Å². The summed E-state index contributed by atoms with van der Waals surface area (Å²) in [6, 6.07) is 1.93. The van der Waals surface area contributed by atoms with Gasteiger partial charge in [0.1, 0.15) is 5.69 Å². The fraction of sp³-hybridized carbons (Fsp3) is 0.467. The first-order chi connectivity index (χ1) is 10.1. The molecule has 1 unspecified atom stereocenters. The van der Waals surface area contributed by atoms with E-state index in [9.17, 15) is 4.79 Å². The standard InChI is InChI=1S/C15H19N5O/c1-11(21)20-6-4-12(10-20)7-13-8-16-9-14(18-13)15-3-5-17-19(15)2/h3,5,8-9,12H,4,6-7,10H2,1-2H3. The molecule has 1 saturated heterocycles. The minimum atomic E-state index is 0.159. The van der Waals surface area contributed by atoms with Crippen molar-refractivity contribution < 1.29 is 4.79 Å². The second kappa shape index (κ2) is 5.63. The molecule has 1 atom stereocenters. The lowest BCUT2D eigenvalue weighted by Crippen LogP contribution is -2.26. The van der Waals surface area contributed by atoms with Gasteiger partial charge in [0.25, 0.3) is 0 Å². The molecule has 0 aromatic carbocycles. The number of amides is 1. The lowest BCUT2D eigenvalue weighted by atomic mass is 10.0. The van der Waals surface area contributed by atoms with Crippen molar-refractivity contribution in [2.45, 2.75) is 19.8 Å². The zero-order valence-corrected chi connectivity index (χ0v) is 12.4. The molecule has 0 saturated carbocycles. The number of carbonyl (C=O) groups is 1. The van der Waals surface area contributed by atoms with Crippen LogP contribution in [0.3, 0.4) is 0 Å². The second-order valence-corrected chi connectivity index (χ2v) is 5.56. The topological polar surface area (TPSA) is 63.9 Å². The lowest BCUT2D eigenvalue weighted by Gasteiger charge is -2.13. The predicted molar refractivity (Wildman–Crippen MR) is 78.3 cm³/mol. The van der Waals surface area contributed by atoms with Crippen LogP contribution >= 0.6 is 0 Å². The van der Waals surface area contributed by atoms with Crippen LogP contribution in [0.5, 0.6) is 0 Å². The monoisotopic (exact) mass is 285 g/mol. The number of hydrogen-bond donors (Lipinski definition) is 0. The van der Waals surface area contributed by atoms with Gasteiger partial charge in [0.05, 0.1) is 17.6 Å². The number of hydrogen-bond acceptors (Lipinski definition) is 4. The van der Waals surface area contributed by atoms with Crippen LogP contribution in [0.25, 0.3) is 11.4 Å². The van der Waals surface area contributed by atoms with Gasteiger partial charge >= 0.3 is 0 Å². The van der Waals surface area contributed by atoms with E-state index >= 15 is 0 Å². The zero-order valence-electron chi connectivity index (χ0n) is 12.4. The summed E-state index contributed by atoms with van der Waals surface area (Å²) >= 11 is 0. The first-order valence-electron chi connectivity index (χ1n) is 7.18. The highest BCUT2D eigenvalue weighted by Gasteiger charge is 2.24. The van der Waals surface area contributed by atoms with Crippen LogP contribution < -0.4 is 0 Å². The molecule has 1 amide bonds. The van der Waals surface area contributed by atoms with Crippen molar-refractivity contribution in [2.75, 3.05) is 13.1 Å². The van der Waals surface area contributed by atoms with Crippen molar-refractivity contribution in [3.05, 3.63) is 30.4 Å². The van der Waals surface area contributed by atoms with Gasteiger partial charge in [-0.15, -0.1) is 0 Å². The Hall–Kier alpha value is -2.24. The maximum atomic E-state index is 11.4. The van der Waals surface area contributed by atoms with Crippen molar-refractivity contribution >= 4 is 5.91 Å². The molecule has 110 valence electrons. The Bertz CT molecular complexity index is 651. The van der Waals surface area contributed by atoms with E-state index in [1.165, 1.54) is 0 Å². The van der Waals surface area contributed by atoms with Gasteiger partial charge in [0, 0.05) is 39.5 Å². The molecular formula is C15H19N5O. The molecule has 0 N–H and O–H groups in total. The summed E-state index contributed by atoms with van der Waals surface area (Å²) in [5, 5.41) is 4.16. The molecule has 0 spiro atoms. The maximum absolute atomic E-state index is 11.4. The summed E-state index contributed by atoms with van der Waals surface area (Å²) in [7, 11) is 1.89. The van der Waals surface area contributed by atoms with E-state index in [0.717, 1.165) is 43.0 Å². The maximum Gasteiger partial charge on any atom is 0.219 e. The van der Waals surface area contributed by atoms with Crippen LogP contribution in [0.1, 0.15) is 19.0 Å². The summed E-state index contributed by atoms with van der Waals surface area (Å²) < 4.78 is 1.79. The van der Waals surface area contributed by atoms with Crippen molar-refractivity contribution in [1.82, 2.24) is 24.6 Å². The van der Waals surface area contributed by atoms with Gasteiger partial charge in [-0.05, 0) is 24.8 Å². The Morgan fingerprint density at radius 3 is 2.95 bits per heavy atom. The Kier molecular flexibility index (Phi) is 3.68. The molecule has 0 radical (unpaired) electrons. The minimum absolute atomic E-state index is 0.159. The third-order valence-corrected chi connectivity index (χ3v) is 4.00. The number of carbonyl (C=O) groups excluding carboxylic acids is 1. The molecule has 21 heavy (non-hydrogen) atoms. The number of rotatable bonds is 3. The average molecular weight is 285 g/mol. The molecule has 2 aromatic heterocycles. The van der Waals surface area contributed by atoms with Crippen LogP contribution in [0.4, 0.5) is 0 Å². The molecule has 3 heterocycles. The Balaban J connectivity index is 1.73. The fourth-order valence-electron chi connectivity index (χ4n) is 2.83. The van der Waals surface area contributed by atoms with Crippen LogP contribution in [-0.2, 0) is 18.3 Å². The van der Waals surface area contributed by atoms with Crippen molar-refractivity contribution in [1.29, 1.82) is 0 Å². The third kappa shape index (κ3) is 2.94. The molecule has 6 nitrogen and oxygen atoms in total. The summed E-state index contributed by atoms with van der Waals surface area (Å²) in [4.78, 5) is 22.3. The number of likely N-dealkylation sites (tertiary alicyclic amines) is 1. The van der Waals surface area contributed by atoms with Gasteiger partial charge < -0.3 is 4.90 Å². The highest BCUT2D eigenvalue weighted by Crippen LogP contribution is 2.21. The highest BCUT2D eigenvalue weighted by atomic mass is 16.2. The normalized spacial score (nSPS) is 18.2. The largest absolute Gasteiger partial charge is 0.343 e. The van der Waals surface area contributed by atoms with E-state index in [-0.39, 0.29) is 5.91 Å². The summed E-state index contributed by atoms with van der Waals surface area (Å²) in [5.74, 6) is 0.636. The number of aromatic nitrogens is 4. The van der Waals surface area contributed by atoms with Crippen molar-refractivity contribution in [2.24, 2.45) is 13.0 Å². The Morgan fingerprint density at radius 1 is 1.43 bits per heavy atom. The third-order valence-electron chi connectivity index (χ3n) is 4.00. The Morgan fingerprint density at radius 2 is 2.29 bits per heavy atom. The van der Waals surface area contributed by atoms with E-state index in [4.69, 9.17) is 0 Å². The van der Waals surface area contributed by atoms with Gasteiger partial charge in [0.15, 0.2) is 0 Å². The molecule has 0 bridgehead atoms. The zero-order chi connectivity index (χ0) is 14.8. The van der Waals surface area contributed by atoms with Crippen LogP contribution in [-0.4, -0.2) is 43.6 Å². The van der Waals surface area contributed by atoms with Gasteiger partial charge in [-0.3, -0.25) is 14.5 Å². The van der Waals surface area contributed by atoms with E-state index in [0.29, 0.717) is 5.92 Å². The SMILES string of the molecule is CC(=O)N1CCC(Cc2cncc(-c3ccnn3C)n2)C1. The number of aryl methyl sites for hydroxylation is 1. The van der Waals surface area contributed by atoms with Crippen molar-refractivity contribution in [3.8, 4) is 11.4 Å². The highest BCUT2D eigenvalue weighted by molar-refractivity contribution is 5.73. The Labute approximate surface area is 123 Å². The predicted octanol–water partition coefficient (Wildman–Crippen LogP) is 1.29. The summed E-state index contributed by atoms with van der Waals surface area (Å²) in [6.45, 7) is 3.31. The summed E-state index contributed by atoms with van der Waals surface area (Å²) in [5.41, 5.74) is 2.78. The van der Waals surface area contributed by atoms with E-state index in [1.807, 2.05) is 24.2 Å². The van der Waals surface area contributed by atoms with Gasteiger partial charge in [-0.2, -0.15) is 5.10 Å². The van der Waals surface area contributed by atoms with Gasteiger partial charge in [-0.1, -0.05) is 0 Å². The molecule has 2 aromatic rings.